The first-order valence-corrected chi connectivity index (χ1v) is 10.8. The summed E-state index contributed by atoms with van der Waals surface area (Å²) in [5.41, 5.74) is 3.24. The van der Waals surface area contributed by atoms with Gasteiger partial charge in [-0.05, 0) is 35.7 Å². The molecule has 1 aliphatic rings. The van der Waals surface area contributed by atoms with Crippen molar-refractivity contribution in [3.63, 3.8) is 0 Å². The van der Waals surface area contributed by atoms with Gasteiger partial charge in [0, 0.05) is 16.1 Å². The number of rotatable bonds is 3. The van der Waals surface area contributed by atoms with Crippen LogP contribution in [-0.4, -0.2) is 14.3 Å². The van der Waals surface area contributed by atoms with Crippen molar-refractivity contribution in [1.29, 1.82) is 0 Å². The lowest BCUT2D eigenvalue weighted by Gasteiger charge is -2.15. The third-order valence-electron chi connectivity index (χ3n) is 4.49. The molecule has 0 saturated heterocycles. The number of carbonyl (C=O) groups excluding carboxylic acids is 1. The summed E-state index contributed by atoms with van der Waals surface area (Å²) in [4.78, 5) is 14.5. The van der Waals surface area contributed by atoms with E-state index in [1.165, 1.54) is 11.3 Å². The van der Waals surface area contributed by atoms with Gasteiger partial charge in [-0.2, -0.15) is 0 Å². The summed E-state index contributed by atoms with van der Waals surface area (Å²) in [5, 5.41) is 2.95. The zero-order valence-electron chi connectivity index (χ0n) is 14.2. The maximum Gasteiger partial charge on any atom is 0.265 e. The van der Waals surface area contributed by atoms with Crippen LogP contribution in [0, 0.1) is 0 Å². The summed E-state index contributed by atoms with van der Waals surface area (Å²) in [7, 11) is -3.36. The van der Waals surface area contributed by atoms with E-state index in [1.54, 1.807) is 24.3 Å². The lowest BCUT2D eigenvalue weighted by atomic mass is 10.1. The van der Waals surface area contributed by atoms with E-state index < -0.39 is 9.84 Å². The van der Waals surface area contributed by atoms with Crippen molar-refractivity contribution in [3.8, 4) is 10.4 Å². The van der Waals surface area contributed by atoms with Crippen molar-refractivity contribution in [1.82, 2.24) is 0 Å². The number of fused-ring (bicyclic) bond motifs is 3. The highest BCUT2D eigenvalue weighted by atomic mass is 32.2. The Bertz CT molecular complexity index is 1110. The second-order valence-electron chi connectivity index (χ2n) is 6.19. The lowest BCUT2D eigenvalue weighted by Crippen LogP contribution is -2.12. The number of nitrogens with one attached hydrogen (secondary N) is 1. The molecule has 0 saturated carbocycles. The van der Waals surface area contributed by atoms with Crippen LogP contribution in [0.15, 0.2) is 59.5 Å². The molecule has 1 amide bonds. The lowest BCUT2D eigenvalue weighted by molar-refractivity contribution is 0.103. The first-order chi connectivity index (χ1) is 12.5. The van der Waals surface area contributed by atoms with Crippen molar-refractivity contribution >= 4 is 32.8 Å². The van der Waals surface area contributed by atoms with Crippen LogP contribution in [0.25, 0.3) is 10.4 Å². The Morgan fingerprint density at radius 2 is 1.85 bits per heavy atom. The number of hydrogen-bond acceptors (Lipinski definition) is 4. The Morgan fingerprint density at radius 3 is 2.65 bits per heavy atom. The highest BCUT2D eigenvalue weighted by Gasteiger charge is 2.30. The number of anilines is 1. The van der Waals surface area contributed by atoms with Crippen molar-refractivity contribution in [2.24, 2.45) is 0 Å². The SMILES string of the molecule is CCc1ccccc1NC(=O)c1cc2c(s1)-c1ccccc1S(=O)(=O)C2. The van der Waals surface area contributed by atoms with Gasteiger partial charge in [0.15, 0.2) is 9.84 Å². The summed E-state index contributed by atoms with van der Waals surface area (Å²) < 4.78 is 25.0. The molecule has 2 aromatic carbocycles. The molecule has 4 nitrogen and oxygen atoms in total. The second-order valence-corrected chi connectivity index (χ2v) is 9.20. The van der Waals surface area contributed by atoms with Gasteiger partial charge in [0.25, 0.3) is 5.91 Å². The number of sulfone groups is 1. The van der Waals surface area contributed by atoms with Gasteiger partial charge in [-0.25, -0.2) is 8.42 Å². The molecule has 4 rings (SSSR count). The molecule has 2 heterocycles. The monoisotopic (exact) mass is 383 g/mol. The molecular formula is C20H17NO3S2. The molecule has 1 N–H and O–H groups in total. The van der Waals surface area contributed by atoms with Gasteiger partial charge in [-0.3, -0.25) is 4.79 Å². The first kappa shape index (κ1) is 17.0. The molecule has 26 heavy (non-hydrogen) atoms. The zero-order valence-corrected chi connectivity index (χ0v) is 15.8. The Morgan fingerprint density at radius 1 is 1.12 bits per heavy atom. The van der Waals surface area contributed by atoms with Gasteiger partial charge in [-0.1, -0.05) is 43.3 Å². The summed E-state index contributed by atoms with van der Waals surface area (Å²) in [6, 6.07) is 16.4. The zero-order chi connectivity index (χ0) is 18.3. The van der Waals surface area contributed by atoms with Gasteiger partial charge in [0.1, 0.15) is 0 Å². The predicted molar refractivity (Wildman–Crippen MR) is 104 cm³/mol. The molecule has 0 spiro atoms. The van der Waals surface area contributed by atoms with E-state index in [1.807, 2.05) is 37.3 Å². The largest absolute Gasteiger partial charge is 0.321 e. The van der Waals surface area contributed by atoms with Crippen LogP contribution in [-0.2, 0) is 22.0 Å². The van der Waals surface area contributed by atoms with Gasteiger partial charge >= 0.3 is 0 Å². The topological polar surface area (TPSA) is 63.2 Å². The highest BCUT2D eigenvalue weighted by Crippen LogP contribution is 2.42. The number of amides is 1. The molecule has 0 radical (unpaired) electrons. The van der Waals surface area contributed by atoms with Crippen LogP contribution >= 0.6 is 11.3 Å². The first-order valence-electron chi connectivity index (χ1n) is 8.33. The fourth-order valence-corrected chi connectivity index (χ4v) is 6.07. The fourth-order valence-electron chi connectivity index (χ4n) is 3.22. The van der Waals surface area contributed by atoms with Crippen LogP contribution in [0.1, 0.15) is 27.7 Å². The Kier molecular flexibility index (Phi) is 4.17. The maximum absolute atomic E-state index is 12.7. The van der Waals surface area contributed by atoms with E-state index in [9.17, 15) is 13.2 Å². The second kappa shape index (κ2) is 6.37. The molecule has 1 aliphatic heterocycles. The average molecular weight is 383 g/mol. The highest BCUT2D eigenvalue weighted by molar-refractivity contribution is 7.91. The minimum Gasteiger partial charge on any atom is -0.321 e. The standard InChI is InChI=1S/C20H17NO3S2/c1-2-13-7-3-5-9-16(13)21-20(22)17-11-14-12-26(23,24)18-10-6-4-8-15(18)19(14)25-17/h3-11H,2,12H2,1H3,(H,21,22). The molecule has 6 heteroatoms. The molecule has 0 bridgehead atoms. The van der Waals surface area contributed by atoms with Crippen molar-refractivity contribution < 1.29 is 13.2 Å². The summed E-state index contributed by atoms with van der Waals surface area (Å²) in [6.45, 7) is 2.04. The van der Waals surface area contributed by atoms with Crippen LogP contribution in [0.2, 0.25) is 0 Å². The quantitative estimate of drug-likeness (QED) is 0.723. The van der Waals surface area contributed by atoms with Crippen molar-refractivity contribution in [2.45, 2.75) is 24.0 Å². The number of para-hydroxylation sites is 1. The van der Waals surface area contributed by atoms with E-state index in [2.05, 4.69) is 5.32 Å². The molecule has 0 fully saturated rings. The minimum absolute atomic E-state index is 0.0608. The third-order valence-corrected chi connectivity index (χ3v) is 7.42. The summed E-state index contributed by atoms with van der Waals surface area (Å²) in [5.74, 6) is -0.269. The maximum atomic E-state index is 12.7. The van der Waals surface area contributed by atoms with E-state index >= 15 is 0 Å². The molecule has 1 aromatic heterocycles. The predicted octanol–water partition coefficient (Wildman–Crippen LogP) is 4.52. The van der Waals surface area contributed by atoms with E-state index in [0.717, 1.165) is 22.5 Å². The Labute approximate surface area is 156 Å². The van der Waals surface area contributed by atoms with Crippen molar-refractivity contribution in [3.05, 3.63) is 70.6 Å². The molecule has 132 valence electrons. The van der Waals surface area contributed by atoms with Gasteiger partial charge in [-0.15, -0.1) is 11.3 Å². The van der Waals surface area contributed by atoms with Gasteiger partial charge < -0.3 is 5.32 Å². The van der Waals surface area contributed by atoms with E-state index in [-0.39, 0.29) is 11.7 Å². The number of carbonyl (C=O) groups is 1. The van der Waals surface area contributed by atoms with E-state index in [0.29, 0.717) is 20.9 Å². The molecule has 3 aromatic rings. The Balaban J connectivity index is 1.72. The van der Waals surface area contributed by atoms with Crippen LogP contribution in [0.4, 0.5) is 5.69 Å². The average Bonchev–Trinajstić information content (AvgIpc) is 3.06. The molecule has 0 aliphatic carbocycles. The van der Waals surface area contributed by atoms with Gasteiger partial charge in [0.2, 0.25) is 0 Å². The van der Waals surface area contributed by atoms with E-state index in [4.69, 9.17) is 0 Å². The molecule has 0 atom stereocenters. The Hall–Kier alpha value is -2.44. The normalized spacial score (nSPS) is 14.3. The smallest absolute Gasteiger partial charge is 0.265 e. The van der Waals surface area contributed by atoms with Crippen molar-refractivity contribution in [2.75, 3.05) is 5.32 Å². The molecular weight excluding hydrogens is 366 g/mol. The van der Waals surface area contributed by atoms with Crippen LogP contribution < -0.4 is 5.32 Å². The van der Waals surface area contributed by atoms with Crippen LogP contribution in [0.3, 0.4) is 0 Å². The number of hydrogen-bond donors (Lipinski definition) is 1. The number of benzene rings is 2. The third kappa shape index (κ3) is 2.85. The minimum atomic E-state index is -3.36. The fraction of sp³-hybridized carbons (Fsp3) is 0.150. The summed E-state index contributed by atoms with van der Waals surface area (Å²) in [6.07, 6.45) is 0.822. The van der Waals surface area contributed by atoms with Gasteiger partial charge in [0.05, 0.1) is 15.5 Å². The molecule has 0 unspecified atom stereocenters. The number of aryl methyl sites for hydroxylation is 1. The number of thiophene rings is 1. The summed E-state index contributed by atoms with van der Waals surface area (Å²) >= 11 is 1.34. The van der Waals surface area contributed by atoms with Crippen LogP contribution in [0.5, 0.6) is 0 Å².